The van der Waals surface area contributed by atoms with Gasteiger partial charge in [0.25, 0.3) is 0 Å². The van der Waals surface area contributed by atoms with E-state index in [-0.39, 0.29) is 5.92 Å². The van der Waals surface area contributed by atoms with Crippen LogP contribution in [0.4, 0.5) is 4.79 Å². The molecule has 2 atom stereocenters. The van der Waals surface area contributed by atoms with Gasteiger partial charge in [0.05, 0.1) is 0 Å². The number of rotatable bonds is 6. The molecule has 3 N–H and O–H groups in total. The monoisotopic (exact) mass is 242 g/mol. The summed E-state index contributed by atoms with van der Waals surface area (Å²) in [6.07, 6.45) is 2.49. The number of nitrogens with one attached hydrogen (secondary N) is 2. The second-order valence-corrected chi connectivity index (χ2v) is 5.23. The fourth-order valence-electron chi connectivity index (χ4n) is 1.79. The minimum Gasteiger partial charge on any atom is -0.480 e. The van der Waals surface area contributed by atoms with Crippen LogP contribution in [0.5, 0.6) is 0 Å². The van der Waals surface area contributed by atoms with E-state index in [0.29, 0.717) is 12.5 Å². The minimum atomic E-state index is -0.995. The number of hydrogen-bond donors (Lipinski definition) is 3. The van der Waals surface area contributed by atoms with Crippen LogP contribution >= 0.6 is 0 Å². The van der Waals surface area contributed by atoms with Gasteiger partial charge in [0.1, 0.15) is 6.04 Å². The van der Waals surface area contributed by atoms with Crippen molar-refractivity contribution in [1.29, 1.82) is 0 Å². The van der Waals surface area contributed by atoms with Gasteiger partial charge in [0, 0.05) is 6.54 Å². The number of amides is 2. The summed E-state index contributed by atoms with van der Waals surface area (Å²) in [5.74, 6) is 0.0863. The minimum absolute atomic E-state index is 0.126. The molecule has 1 rings (SSSR count). The highest BCUT2D eigenvalue weighted by Crippen LogP contribution is 2.35. The maximum absolute atomic E-state index is 11.5. The second kappa shape index (κ2) is 5.89. The van der Waals surface area contributed by atoms with Gasteiger partial charge in [-0.1, -0.05) is 20.8 Å². The fraction of sp³-hybridized carbons (Fsp3) is 0.833. The number of hydrogen-bond acceptors (Lipinski definition) is 2. The lowest BCUT2D eigenvalue weighted by molar-refractivity contribution is -0.140. The van der Waals surface area contributed by atoms with Crippen molar-refractivity contribution in [2.75, 3.05) is 6.54 Å². The molecule has 1 unspecified atom stereocenters. The summed E-state index contributed by atoms with van der Waals surface area (Å²) < 4.78 is 0. The Morgan fingerprint density at radius 2 is 1.88 bits per heavy atom. The average Bonchev–Trinajstić information content (AvgIpc) is 3.05. The van der Waals surface area contributed by atoms with Gasteiger partial charge in [0.15, 0.2) is 0 Å². The molecule has 0 aliphatic heterocycles. The highest BCUT2D eigenvalue weighted by atomic mass is 16.4. The van der Waals surface area contributed by atoms with Crippen molar-refractivity contribution in [3.8, 4) is 0 Å². The van der Waals surface area contributed by atoms with Crippen LogP contribution in [0.1, 0.15) is 33.6 Å². The summed E-state index contributed by atoms with van der Waals surface area (Å²) in [5.41, 5.74) is 0. The molecule has 0 aromatic heterocycles. The molecule has 2 amide bonds. The molecule has 0 radical (unpaired) electrons. The summed E-state index contributed by atoms with van der Waals surface area (Å²) in [5, 5.41) is 14.1. The van der Waals surface area contributed by atoms with Crippen LogP contribution in [0.15, 0.2) is 0 Å². The largest absolute Gasteiger partial charge is 0.480 e. The van der Waals surface area contributed by atoms with Crippen molar-refractivity contribution in [2.45, 2.75) is 39.7 Å². The first-order valence-electron chi connectivity index (χ1n) is 6.19. The Morgan fingerprint density at radius 1 is 1.29 bits per heavy atom. The van der Waals surface area contributed by atoms with Gasteiger partial charge in [-0.3, -0.25) is 0 Å². The molecule has 0 spiro atoms. The van der Waals surface area contributed by atoms with E-state index in [2.05, 4.69) is 17.6 Å². The van der Waals surface area contributed by atoms with Crippen molar-refractivity contribution in [3.05, 3.63) is 0 Å². The maximum atomic E-state index is 11.5. The number of carboxylic acids is 1. The van der Waals surface area contributed by atoms with Crippen LogP contribution in [-0.4, -0.2) is 29.7 Å². The van der Waals surface area contributed by atoms with E-state index in [1.807, 2.05) is 0 Å². The molecule has 1 fully saturated rings. The first-order valence-corrected chi connectivity index (χ1v) is 6.19. The molecule has 1 aliphatic rings. The number of carbonyl (C=O) groups is 2. The first-order chi connectivity index (χ1) is 7.91. The quantitative estimate of drug-likeness (QED) is 0.659. The predicted octanol–water partition coefficient (Wildman–Crippen LogP) is 1.44. The van der Waals surface area contributed by atoms with Gasteiger partial charge in [0.2, 0.25) is 0 Å². The third kappa shape index (κ3) is 4.63. The molecule has 1 saturated carbocycles. The standard InChI is InChI=1S/C12H22N2O3/c1-7(2)10(11(15)16)14-12(17)13-6-8(3)9-4-5-9/h7-10H,4-6H2,1-3H3,(H,15,16)(H2,13,14,17)/t8?,10-/m0/s1. The third-order valence-electron chi connectivity index (χ3n) is 3.23. The molecule has 5 nitrogen and oxygen atoms in total. The molecule has 5 heteroatoms. The van der Waals surface area contributed by atoms with Crippen molar-refractivity contribution < 1.29 is 14.7 Å². The number of aliphatic carboxylic acids is 1. The van der Waals surface area contributed by atoms with Gasteiger partial charge >= 0.3 is 12.0 Å². The molecular weight excluding hydrogens is 220 g/mol. The lowest BCUT2D eigenvalue weighted by Gasteiger charge is -2.19. The fourth-order valence-corrected chi connectivity index (χ4v) is 1.79. The van der Waals surface area contributed by atoms with Gasteiger partial charge in [-0.25, -0.2) is 9.59 Å². The predicted molar refractivity (Wildman–Crippen MR) is 64.7 cm³/mol. The van der Waals surface area contributed by atoms with Gasteiger partial charge in [-0.2, -0.15) is 0 Å². The van der Waals surface area contributed by atoms with E-state index in [1.165, 1.54) is 12.8 Å². The Hall–Kier alpha value is -1.26. The summed E-state index contributed by atoms with van der Waals surface area (Å²) in [4.78, 5) is 22.4. The third-order valence-corrected chi connectivity index (χ3v) is 3.23. The van der Waals surface area contributed by atoms with Gasteiger partial charge in [-0.05, 0) is 30.6 Å². The summed E-state index contributed by atoms with van der Waals surface area (Å²) in [7, 11) is 0. The van der Waals surface area contributed by atoms with Crippen LogP contribution in [0.2, 0.25) is 0 Å². The Morgan fingerprint density at radius 3 is 2.29 bits per heavy atom. The topological polar surface area (TPSA) is 78.4 Å². The second-order valence-electron chi connectivity index (χ2n) is 5.23. The zero-order valence-corrected chi connectivity index (χ0v) is 10.7. The van der Waals surface area contributed by atoms with Crippen LogP contribution in [-0.2, 0) is 4.79 Å². The lowest BCUT2D eigenvalue weighted by Crippen LogP contribution is -2.49. The van der Waals surface area contributed by atoms with E-state index in [0.717, 1.165) is 5.92 Å². The number of carbonyl (C=O) groups excluding carboxylic acids is 1. The molecule has 0 saturated heterocycles. The zero-order chi connectivity index (χ0) is 13.0. The van der Waals surface area contributed by atoms with E-state index in [9.17, 15) is 9.59 Å². The Kier molecular flexibility index (Phi) is 4.78. The van der Waals surface area contributed by atoms with Crippen molar-refractivity contribution in [2.24, 2.45) is 17.8 Å². The molecule has 0 bridgehead atoms. The van der Waals surface area contributed by atoms with Crippen LogP contribution in [0.3, 0.4) is 0 Å². The number of carboxylic acid groups (broad SMARTS) is 1. The molecule has 0 heterocycles. The van der Waals surface area contributed by atoms with Crippen LogP contribution < -0.4 is 10.6 Å². The van der Waals surface area contributed by atoms with E-state index in [1.54, 1.807) is 13.8 Å². The average molecular weight is 242 g/mol. The van der Waals surface area contributed by atoms with Crippen molar-refractivity contribution in [1.82, 2.24) is 10.6 Å². The Bertz CT molecular complexity index is 287. The lowest BCUT2D eigenvalue weighted by atomic mass is 10.1. The van der Waals surface area contributed by atoms with E-state index >= 15 is 0 Å². The highest BCUT2D eigenvalue weighted by molar-refractivity contribution is 5.82. The molecule has 98 valence electrons. The molecule has 17 heavy (non-hydrogen) atoms. The smallest absolute Gasteiger partial charge is 0.326 e. The van der Waals surface area contributed by atoms with Gasteiger partial charge < -0.3 is 15.7 Å². The van der Waals surface area contributed by atoms with E-state index < -0.39 is 18.0 Å². The summed E-state index contributed by atoms with van der Waals surface area (Å²) in [6.45, 7) is 6.26. The normalized spacial score (nSPS) is 18.6. The SMILES string of the molecule is CC(CNC(=O)N[C@H](C(=O)O)C(C)C)C1CC1. The molecule has 0 aromatic rings. The highest BCUT2D eigenvalue weighted by Gasteiger charge is 2.28. The zero-order valence-electron chi connectivity index (χ0n) is 10.7. The number of urea groups is 1. The van der Waals surface area contributed by atoms with Crippen LogP contribution in [0.25, 0.3) is 0 Å². The van der Waals surface area contributed by atoms with Gasteiger partial charge in [-0.15, -0.1) is 0 Å². The summed E-state index contributed by atoms with van der Waals surface area (Å²) in [6, 6.07) is -1.22. The van der Waals surface area contributed by atoms with Crippen molar-refractivity contribution in [3.63, 3.8) is 0 Å². The van der Waals surface area contributed by atoms with Crippen molar-refractivity contribution >= 4 is 12.0 Å². The molecule has 1 aliphatic carbocycles. The Labute approximate surface area is 102 Å². The first kappa shape index (κ1) is 13.8. The molecular formula is C12H22N2O3. The van der Waals surface area contributed by atoms with Crippen LogP contribution in [0, 0.1) is 17.8 Å². The molecule has 0 aromatic carbocycles. The Balaban J connectivity index is 2.29. The van der Waals surface area contributed by atoms with E-state index in [4.69, 9.17) is 5.11 Å². The summed E-state index contributed by atoms with van der Waals surface area (Å²) >= 11 is 0. The maximum Gasteiger partial charge on any atom is 0.326 e.